The highest BCUT2D eigenvalue weighted by molar-refractivity contribution is 5.42. The molecular weight excluding hydrogens is 234 g/mol. The van der Waals surface area contributed by atoms with Crippen molar-refractivity contribution in [1.29, 1.82) is 0 Å². The van der Waals surface area contributed by atoms with E-state index in [1.54, 1.807) is 0 Å². The number of benzene rings is 1. The Hall–Kier alpha value is -1.61. The second-order valence-electron chi connectivity index (χ2n) is 5.20. The average molecular weight is 255 g/mol. The van der Waals surface area contributed by atoms with Crippen LogP contribution in [0.15, 0.2) is 36.8 Å². The smallest absolute Gasteiger partial charge is 0.0994 e. The van der Waals surface area contributed by atoms with Crippen molar-refractivity contribution >= 4 is 0 Å². The van der Waals surface area contributed by atoms with Crippen molar-refractivity contribution in [2.24, 2.45) is 0 Å². The zero-order valence-corrected chi connectivity index (χ0v) is 11.5. The lowest BCUT2D eigenvalue weighted by atomic mass is 9.94. The minimum Gasteiger partial charge on any atom is -0.317 e. The van der Waals surface area contributed by atoms with Crippen LogP contribution in [0, 0.1) is 0 Å². The van der Waals surface area contributed by atoms with Crippen LogP contribution in [-0.2, 0) is 6.42 Å². The third-order valence-electron chi connectivity index (χ3n) is 4.06. The Morgan fingerprint density at radius 2 is 2.05 bits per heavy atom. The molecule has 0 spiro atoms. The van der Waals surface area contributed by atoms with Crippen LogP contribution in [0.3, 0.4) is 0 Å². The van der Waals surface area contributed by atoms with E-state index in [1.807, 2.05) is 12.5 Å². The van der Waals surface area contributed by atoms with Gasteiger partial charge in [0.2, 0.25) is 0 Å². The van der Waals surface area contributed by atoms with Crippen molar-refractivity contribution in [3.05, 3.63) is 48.0 Å². The number of nitrogens with one attached hydrogen (secondary N) is 1. The van der Waals surface area contributed by atoms with E-state index in [0.717, 1.165) is 19.5 Å². The van der Waals surface area contributed by atoms with Gasteiger partial charge in [-0.3, -0.25) is 0 Å². The lowest BCUT2D eigenvalue weighted by molar-refractivity contribution is 0.449. The maximum atomic E-state index is 4.39. The van der Waals surface area contributed by atoms with Crippen LogP contribution in [-0.4, -0.2) is 22.6 Å². The van der Waals surface area contributed by atoms with Gasteiger partial charge >= 0.3 is 0 Å². The van der Waals surface area contributed by atoms with Gasteiger partial charge in [-0.05, 0) is 44.0 Å². The molecule has 0 bridgehead atoms. The van der Waals surface area contributed by atoms with Gasteiger partial charge in [-0.25, -0.2) is 4.98 Å². The topological polar surface area (TPSA) is 29.9 Å². The minimum absolute atomic E-state index is 0.633. The van der Waals surface area contributed by atoms with E-state index in [2.05, 4.69) is 46.1 Å². The molecule has 1 fully saturated rings. The molecule has 0 saturated carbocycles. The van der Waals surface area contributed by atoms with E-state index in [-0.39, 0.29) is 0 Å². The van der Waals surface area contributed by atoms with Gasteiger partial charge in [-0.2, -0.15) is 0 Å². The molecule has 1 aliphatic heterocycles. The summed E-state index contributed by atoms with van der Waals surface area (Å²) in [7, 11) is 0. The van der Waals surface area contributed by atoms with Gasteiger partial charge in [-0.1, -0.05) is 25.1 Å². The second-order valence-corrected chi connectivity index (χ2v) is 5.20. The van der Waals surface area contributed by atoms with Crippen LogP contribution in [0.1, 0.15) is 36.9 Å². The summed E-state index contributed by atoms with van der Waals surface area (Å²) in [5.74, 6) is 0.633. The quantitative estimate of drug-likeness (QED) is 0.914. The average Bonchev–Trinajstić information content (AvgIpc) is 2.97. The van der Waals surface area contributed by atoms with Crippen molar-refractivity contribution in [3.8, 4) is 5.69 Å². The fourth-order valence-corrected chi connectivity index (χ4v) is 2.97. The number of nitrogens with zero attached hydrogens (tertiary/aromatic N) is 2. The zero-order valence-electron chi connectivity index (χ0n) is 11.5. The molecule has 2 aromatic rings. The lowest BCUT2D eigenvalue weighted by Crippen LogP contribution is -2.27. The summed E-state index contributed by atoms with van der Waals surface area (Å²) in [4.78, 5) is 4.39. The Morgan fingerprint density at radius 1 is 1.26 bits per heavy atom. The van der Waals surface area contributed by atoms with Crippen molar-refractivity contribution in [2.45, 2.75) is 32.1 Å². The SMILES string of the molecule is CCc1ccccc1-n1cncc1C1CCNCC1. The maximum Gasteiger partial charge on any atom is 0.0994 e. The Labute approximate surface area is 114 Å². The summed E-state index contributed by atoms with van der Waals surface area (Å²) in [6, 6.07) is 8.64. The van der Waals surface area contributed by atoms with Crippen LogP contribution in [0.2, 0.25) is 0 Å². The summed E-state index contributed by atoms with van der Waals surface area (Å²) < 4.78 is 2.29. The molecule has 1 N–H and O–H groups in total. The number of aryl methyl sites for hydroxylation is 1. The van der Waals surface area contributed by atoms with Crippen LogP contribution in [0.4, 0.5) is 0 Å². The van der Waals surface area contributed by atoms with E-state index < -0.39 is 0 Å². The van der Waals surface area contributed by atoms with Gasteiger partial charge in [0, 0.05) is 23.5 Å². The standard InChI is InChI=1S/C16H21N3/c1-2-13-5-3-4-6-15(13)19-12-18-11-16(19)14-7-9-17-10-8-14/h3-6,11-12,14,17H,2,7-10H2,1H3. The van der Waals surface area contributed by atoms with Gasteiger partial charge in [-0.15, -0.1) is 0 Å². The monoisotopic (exact) mass is 255 g/mol. The first-order valence-electron chi connectivity index (χ1n) is 7.21. The third-order valence-corrected chi connectivity index (χ3v) is 4.06. The number of hydrogen-bond acceptors (Lipinski definition) is 2. The van der Waals surface area contributed by atoms with E-state index in [1.165, 1.54) is 29.8 Å². The van der Waals surface area contributed by atoms with Crippen molar-refractivity contribution in [1.82, 2.24) is 14.9 Å². The molecule has 1 aromatic carbocycles. The Balaban J connectivity index is 1.99. The number of imidazole rings is 1. The van der Waals surface area contributed by atoms with Crippen LogP contribution in [0.25, 0.3) is 5.69 Å². The first kappa shape index (κ1) is 12.4. The third kappa shape index (κ3) is 2.43. The van der Waals surface area contributed by atoms with Crippen LogP contribution in [0.5, 0.6) is 0 Å². The predicted octanol–water partition coefficient (Wildman–Crippen LogP) is 2.90. The normalized spacial score (nSPS) is 16.7. The van der Waals surface area contributed by atoms with E-state index in [4.69, 9.17) is 0 Å². The predicted molar refractivity (Wildman–Crippen MR) is 77.8 cm³/mol. The molecule has 100 valence electrons. The number of aromatic nitrogens is 2. The van der Waals surface area contributed by atoms with Crippen LogP contribution >= 0.6 is 0 Å². The number of rotatable bonds is 3. The molecule has 3 heteroatoms. The largest absolute Gasteiger partial charge is 0.317 e. The number of hydrogen-bond donors (Lipinski definition) is 1. The first-order valence-corrected chi connectivity index (χ1v) is 7.21. The Bertz CT molecular complexity index is 538. The molecule has 0 atom stereocenters. The second kappa shape index (κ2) is 5.57. The van der Waals surface area contributed by atoms with E-state index in [9.17, 15) is 0 Å². The zero-order chi connectivity index (χ0) is 13.1. The van der Waals surface area contributed by atoms with Crippen molar-refractivity contribution in [3.63, 3.8) is 0 Å². The summed E-state index contributed by atoms with van der Waals surface area (Å²) in [5.41, 5.74) is 4.04. The van der Waals surface area contributed by atoms with Gasteiger partial charge in [0.05, 0.1) is 6.33 Å². The number of para-hydroxylation sites is 1. The summed E-state index contributed by atoms with van der Waals surface area (Å²) in [6.45, 7) is 4.44. The highest BCUT2D eigenvalue weighted by Crippen LogP contribution is 2.28. The number of piperidine rings is 1. The van der Waals surface area contributed by atoms with Gasteiger partial charge in [0.15, 0.2) is 0 Å². The fourth-order valence-electron chi connectivity index (χ4n) is 2.97. The van der Waals surface area contributed by atoms with Gasteiger partial charge in [0.25, 0.3) is 0 Å². The summed E-state index contributed by atoms with van der Waals surface area (Å²) in [5, 5.41) is 3.43. The Kier molecular flexibility index (Phi) is 3.65. The molecule has 0 radical (unpaired) electrons. The molecule has 1 aromatic heterocycles. The van der Waals surface area contributed by atoms with Gasteiger partial charge in [0.1, 0.15) is 0 Å². The molecule has 0 unspecified atom stereocenters. The molecule has 0 amide bonds. The van der Waals surface area contributed by atoms with Crippen molar-refractivity contribution < 1.29 is 0 Å². The molecule has 19 heavy (non-hydrogen) atoms. The van der Waals surface area contributed by atoms with E-state index >= 15 is 0 Å². The molecule has 1 aliphatic rings. The molecular formula is C16H21N3. The minimum atomic E-state index is 0.633. The molecule has 0 aliphatic carbocycles. The lowest BCUT2D eigenvalue weighted by Gasteiger charge is -2.24. The maximum absolute atomic E-state index is 4.39. The molecule has 2 heterocycles. The first-order chi connectivity index (χ1) is 9.40. The highest BCUT2D eigenvalue weighted by atomic mass is 15.1. The fraction of sp³-hybridized carbons (Fsp3) is 0.438. The Morgan fingerprint density at radius 3 is 2.84 bits per heavy atom. The summed E-state index contributed by atoms with van der Waals surface area (Å²) in [6.07, 6.45) is 7.48. The highest BCUT2D eigenvalue weighted by Gasteiger charge is 2.19. The van der Waals surface area contributed by atoms with E-state index in [0.29, 0.717) is 5.92 Å². The van der Waals surface area contributed by atoms with Crippen molar-refractivity contribution in [2.75, 3.05) is 13.1 Å². The molecule has 3 rings (SSSR count). The van der Waals surface area contributed by atoms with Gasteiger partial charge < -0.3 is 9.88 Å². The molecule has 1 saturated heterocycles. The molecule has 3 nitrogen and oxygen atoms in total. The van der Waals surface area contributed by atoms with Crippen LogP contribution < -0.4 is 5.32 Å². The summed E-state index contributed by atoms with van der Waals surface area (Å²) >= 11 is 0.